The quantitative estimate of drug-likeness (QED) is 0.280. The molecule has 0 heterocycles. The van der Waals surface area contributed by atoms with Crippen LogP contribution in [0.2, 0.25) is 13.1 Å². The first-order valence-corrected chi connectivity index (χ1v) is 13.8. The van der Waals surface area contributed by atoms with Gasteiger partial charge in [0.05, 0.1) is 0 Å². The van der Waals surface area contributed by atoms with Crippen molar-refractivity contribution < 1.29 is 13.0 Å². The minimum Gasteiger partial charge on any atom is -0.409 e. The highest BCUT2D eigenvalue weighted by Crippen LogP contribution is 2.20. The lowest BCUT2D eigenvalue weighted by Gasteiger charge is -2.33. The summed E-state index contributed by atoms with van der Waals surface area (Å²) in [7, 11) is -4.80. The van der Waals surface area contributed by atoms with E-state index in [1.165, 1.54) is 32.1 Å². The lowest BCUT2D eigenvalue weighted by molar-refractivity contribution is 0.185. The highest BCUT2D eigenvalue weighted by atomic mass is 28.5. The van der Waals surface area contributed by atoms with E-state index in [4.69, 9.17) is 13.0 Å². The molecule has 23 heavy (non-hydrogen) atoms. The highest BCUT2D eigenvalue weighted by Gasteiger charge is 2.39. The Morgan fingerprint density at radius 3 is 1.91 bits per heavy atom. The van der Waals surface area contributed by atoms with Gasteiger partial charge in [0.1, 0.15) is 0 Å². The maximum absolute atomic E-state index is 6.32. The van der Waals surface area contributed by atoms with Crippen LogP contribution in [-0.4, -0.2) is 30.3 Å². The molecule has 0 bridgehead atoms. The Kier molecular flexibility index (Phi) is 12.1. The predicted octanol–water partition coefficient (Wildman–Crippen LogP) is 5.65. The highest BCUT2D eigenvalue weighted by molar-refractivity contribution is 6.84. The summed E-state index contributed by atoms with van der Waals surface area (Å²) < 4.78 is 18.4. The summed E-state index contributed by atoms with van der Waals surface area (Å²) in [4.78, 5) is 0. The second-order valence-corrected chi connectivity index (χ2v) is 13.1. The third-order valence-corrected chi connectivity index (χ3v) is 9.98. The van der Waals surface area contributed by atoms with Crippen LogP contribution in [-0.2, 0) is 13.0 Å². The molecule has 5 heteroatoms. The first-order valence-electron chi connectivity index (χ1n) is 9.06. The normalized spacial score (nSPS) is 16.8. The van der Waals surface area contributed by atoms with Crippen molar-refractivity contribution in [1.29, 1.82) is 0 Å². The van der Waals surface area contributed by atoms with E-state index >= 15 is 0 Å². The number of hydrogen-bond donors (Lipinski definition) is 0. The molecule has 0 fully saturated rings. The van der Waals surface area contributed by atoms with Crippen LogP contribution >= 0.6 is 0 Å². The molecule has 0 aromatic heterocycles. The molecular weight excluding hydrogens is 320 g/mol. The summed E-state index contributed by atoms with van der Waals surface area (Å²) >= 11 is 0. The van der Waals surface area contributed by atoms with Crippen molar-refractivity contribution in [1.82, 2.24) is 0 Å². The van der Waals surface area contributed by atoms with E-state index < -0.39 is 17.1 Å². The summed E-state index contributed by atoms with van der Waals surface area (Å²) in [6.45, 7) is 19.9. The van der Waals surface area contributed by atoms with E-state index in [9.17, 15) is 0 Å². The van der Waals surface area contributed by atoms with Gasteiger partial charge in [-0.15, -0.1) is 13.2 Å². The Morgan fingerprint density at radius 2 is 1.39 bits per heavy atom. The monoisotopic (exact) mass is 358 g/mol. The fourth-order valence-corrected chi connectivity index (χ4v) is 7.96. The molecule has 0 saturated carbocycles. The summed E-state index contributed by atoms with van der Waals surface area (Å²) in [6.07, 6.45) is 7.55. The summed E-state index contributed by atoms with van der Waals surface area (Å²) in [5.41, 5.74) is 3.70. The summed E-state index contributed by atoms with van der Waals surface area (Å²) in [6, 6.07) is 0. The molecule has 0 aliphatic carbocycles. The average Bonchev–Trinajstić information content (AvgIpc) is 2.52. The zero-order valence-electron chi connectivity index (χ0n) is 16.0. The lowest BCUT2D eigenvalue weighted by Crippen LogP contribution is -2.50. The number of hydrogen-bond acceptors (Lipinski definition) is 3. The van der Waals surface area contributed by atoms with Gasteiger partial charge < -0.3 is 13.0 Å². The molecular formula is C18H38O3Si2. The molecule has 136 valence electrons. The minimum absolute atomic E-state index is 0.478. The van der Waals surface area contributed by atoms with Crippen molar-refractivity contribution in [2.45, 2.75) is 72.4 Å². The van der Waals surface area contributed by atoms with Gasteiger partial charge in [0.25, 0.3) is 0 Å². The maximum atomic E-state index is 6.32. The number of unbranched alkanes of at least 4 members (excludes halogenated alkanes) is 5. The fourth-order valence-electron chi connectivity index (χ4n) is 2.15. The maximum Gasteiger partial charge on any atom is 0.352 e. The van der Waals surface area contributed by atoms with Gasteiger partial charge in [0, 0.05) is 13.2 Å². The Hall–Kier alpha value is -0.206. The van der Waals surface area contributed by atoms with Crippen molar-refractivity contribution in [3.05, 3.63) is 24.6 Å². The molecule has 0 rings (SSSR count). The standard InChI is InChI=1S/C18H38O3Si2/c1-8-11-12-13-14-15-16-19-22(6,9-2)21-23(7,10-3)20-17-18(4)5/h9-10,18H,2-3,8,11-17H2,1,4-7H3. The molecule has 0 aromatic rings. The van der Waals surface area contributed by atoms with Gasteiger partial charge in [-0.2, -0.15) is 0 Å². The second-order valence-electron chi connectivity index (χ2n) is 6.86. The Balaban J connectivity index is 4.29. The van der Waals surface area contributed by atoms with E-state index in [0.717, 1.165) is 13.0 Å². The second kappa shape index (κ2) is 12.2. The zero-order chi connectivity index (χ0) is 17.8. The first kappa shape index (κ1) is 22.8. The van der Waals surface area contributed by atoms with Crippen molar-refractivity contribution >= 4 is 17.1 Å². The van der Waals surface area contributed by atoms with E-state index in [-0.39, 0.29) is 0 Å². The van der Waals surface area contributed by atoms with Crippen LogP contribution in [0.1, 0.15) is 59.3 Å². The lowest BCUT2D eigenvalue weighted by atomic mass is 10.1. The molecule has 3 nitrogen and oxygen atoms in total. The van der Waals surface area contributed by atoms with E-state index in [1.54, 1.807) is 0 Å². The molecule has 0 aliphatic rings. The Morgan fingerprint density at radius 1 is 0.870 bits per heavy atom. The molecule has 0 aromatic carbocycles. The summed E-state index contributed by atoms with van der Waals surface area (Å²) in [5, 5.41) is 0. The van der Waals surface area contributed by atoms with Crippen LogP contribution < -0.4 is 0 Å². The molecule has 2 unspecified atom stereocenters. The topological polar surface area (TPSA) is 27.7 Å². The van der Waals surface area contributed by atoms with Crippen LogP contribution in [0.25, 0.3) is 0 Å². The van der Waals surface area contributed by atoms with Gasteiger partial charge in [-0.1, -0.05) is 64.3 Å². The van der Waals surface area contributed by atoms with Gasteiger partial charge in [-0.05, 0) is 25.4 Å². The van der Waals surface area contributed by atoms with E-state index in [2.05, 4.69) is 33.9 Å². The molecule has 0 amide bonds. The first-order chi connectivity index (χ1) is 10.8. The van der Waals surface area contributed by atoms with Crippen LogP contribution in [0.3, 0.4) is 0 Å². The van der Waals surface area contributed by atoms with Crippen molar-refractivity contribution in [3.8, 4) is 0 Å². The van der Waals surface area contributed by atoms with Crippen LogP contribution in [0.5, 0.6) is 0 Å². The summed E-state index contributed by atoms with van der Waals surface area (Å²) in [5.74, 6) is 0.478. The van der Waals surface area contributed by atoms with Gasteiger partial charge in [-0.25, -0.2) is 0 Å². The van der Waals surface area contributed by atoms with Gasteiger partial charge in [0.15, 0.2) is 0 Å². The zero-order valence-corrected chi connectivity index (χ0v) is 18.0. The van der Waals surface area contributed by atoms with Crippen LogP contribution in [0, 0.1) is 5.92 Å². The van der Waals surface area contributed by atoms with Gasteiger partial charge in [-0.3, -0.25) is 0 Å². The largest absolute Gasteiger partial charge is 0.409 e. The van der Waals surface area contributed by atoms with Crippen molar-refractivity contribution in [2.24, 2.45) is 5.92 Å². The third-order valence-electron chi connectivity index (χ3n) is 3.74. The molecule has 2 atom stereocenters. The smallest absolute Gasteiger partial charge is 0.352 e. The molecule has 0 aliphatic heterocycles. The van der Waals surface area contributed by atoms with Crippen LogP contribution in [0.4, 0.5) is 0 Å². The SMILES string of the molecule is C=C[Si](C)(OCCCCCCCC)O[Si](C)(C=C)OCC(C)C. The third kappa shape index (κ3) is 11.1. The van der Waals surface area contributed by atoms with E-state index in [0.29, 0.717) is 12.5 Å². The fraction of sp³-hybridized carbons (Fsp3) is 0.778. The number of rotatable bonds is 15. The van der Waals surface area contributed by atoms with E-state index in [1.807, 2.05) is 24.5 Å². The Bertz CT molecular complexity index is 336. The predicted molar refractivity (Wildman–Crippen MR) is 105 cm³/mol. The average molecular weight is 359 g/mol. The molecule has 0 spiro atoms. The van der Waals surface area contributed by atoms with Crippen molar-refractivity contribution in [2.75, 3.05) is 13.2 Å². The molecule has 0 saturated heterocycles. The van der Waals surface area contributed by atoms with Gasteiger partial charge >= 0.3 is 17.1 Å². The van der Waals surface area contributed by atoms with Crippen molar-refractivity contribution in [3.63, 3.8) is 0 Å². The van der Waals surface area contributed by atoms with Crippen LogP contribution in [0.15, 0.2) is 24.6 Å². The minimum atomic E-state index is -2.40. The van der Waals surface area contributed by atoms with Gasteiger partial charge in [0.2, 0.25) is 0 Å². The molecule has 0 radical (unpaired) electrons. The molecule has 0 N–H and O–H groups in total. The Labute approximate surface area is 146 Å².